The first-order chi connectivity index (χ1) is 10.6. The van der Waals surface area contributed by atoms with Gasteiger partial charge in [0, 0.05) is 24.5 Å². The summed E-state index contributed by atoms with van der Waals surface area (Å²) in [6.07, 6.45) is 0. The molecule has 0 bridgehead atoms. The first-order valence-corrected chi connectivity index (χ1v) is 7.77. The van der Waals surface area contributed by atoms with E-state index in [1.807, 2.05) is 59.0 Å². The topological polar surface area (TPSA) is 77.7 Å². The normalized spacial score (nSPS) is 9.73. The Labute approximate surface area is 136 Å². The molecule has 22 heavy (non-hydrogen) atoms. The number of aromatic amines is 1. The van der Waals surface area contributed by atoms with Crippen molar-refractivity contribution >= 4 is 35.5 Å². The molecule has 6 nitrogen and oxygen atoms in total. The molecule has 0 aliphatic carbocycles. The fraction of sp³-hybridized carbons (Fsp3) is 0.400. The van der Waals surface area contributed by atoms with Crippen molar-refractivity contribution in [2.24, 2.45) is 0 Å². The van der Waals surface area contributed by atoms with Crippen LogP contribution in [0.2, 0.25) is 0 Å². The Bertz CT molecular complexity index is 621. The molecule has 0 radical (unpaired) electrons. The zero-order chi connectivity index (χ0) is 16.5. The minimum atomic E-state index is 0.262. The minimum Gasteiger partial charge on any atom is -0.388 e. The Hall–Kier alpha value is -2.15. The molecule has 0 amide bonds. The molecule has 0 aliphatic heterocycles. The van der Waals surface area contributed by atoms with Gasteiger partial charge in [-0.2, -0.15) is 9.97 Å². The molecule has 1 aromatic heterocycles. The predicted molar refractivity (Wildman–Crippen MR) is 96.6 cm³/mol. The second-order valence-electron chi connectivity index (χ2n) is 4.58. The molecule has 0 aliphatic rings. The van der Waals surface area contributed by atoms with Crippen LogP contribution in [0, 0.1) is 4.77 Å². The van der Waals surface area contributed by atoms with E-state index in [1.165, 1.54) is 0 Å². The number of hydrogen-bond acceptors (Lipinski definition) is 6. The second kappa shape index (κ2) is 8.99. The van der Waals surface area contributed by atoms with Gasteiger partial charge in [0.15, 0.2) is 0 Å². The van der Waals surface area contributed by atoms with E-state index in [4.69, 9.17) is 12.2 Å². The number of H-pyrrole nitrogens is 1. The highest BCUT2D eigenvalue weighted by Gasteiger charge is 2.02. The number of aromatic nitrogens is 3. The summed E-state index contributed by atoms with van der Waals surface area (Å²) in [5.41, 5.74) is 1.97. The lowest BCUT2D eigenvalue weighted by Gasteiger charge is -2.11. The summed E-state index contributed by atoms with van der Waals surface area (Å²) in [6.45, 7) is 8.06. The highest BCUT2D eigenvalue weighted by Crippen LogP contribution is 2.16. The smallest absolute Gasteiger partial charge is 0.225 e. The number of rotatable bonds is 5. The van der Waals surface area contributed by atoms with Gasteiger partial charge >= 0.3 is 0 Å². The van der Waals surface area contributed by atoms with E-state index in [1.54, 1.807) is 0 Å². The maximum absolute atomic E-state index is 5.06. The molecular weight excluding hydrogens is 296 g/mol. The van der Waals surface area contributed by atoms with Gasteiger partial charge in [-0.05, 0) is 50.3 Å². The molecule has 0 saturated heterocycles. The molecular formula is C15H24N6S. The molecule has 2 rings (SSSR count). The van der Waals surface area contributed by atoms with E-state index in [-0.39, 0.29) is 6.04 Å². The number of nitrogens with zero attached hydrogens (tertiary/aromatic N) is 2. The third kappa shape index (κ3) is 5.69. The molecule has 0 atom stereocenters. The Morgan fingerprint density at radius 3 is 2.09 bits per heavy atom. The van der Waals surface area contributed by atoms with Gasteiger partial charge in [-0.1, -0.05) is 13.8 Å². The molecule has 120 valence electrons. The second-order valence-corrected chi connectivity index (χ2v) is 4.94. The van der Waals surface area contributed by atoms with E-state index in [9.17, 15) is 0 Å². The van der Waals surface area contributed by atoms with E-state index in [0.717, 1.165) is 11.4 Å². The summed E-state index contributed by atoms with van der Waals surface area (Å²) in [7, 11) is 1.88. The highest BCUT2D eigenvalue weighted by molar-refractivity contribution is 7.71. The van der Waals surface area contributed by atoms with Crippen LogP contribution in [-0.2, 0) is 0 Å². The lowest BCUT2D eigenvalue weighted by atomic mass is 10.3. The zero-order valence-corrected chi connectivity index (χ0v) is 14.5. The van der Waals surface area contributed by atoms with Crippen molar-refractivity contribution in [3.8, 4) is 0 Å². The Kier molecular flexibility index (Phi) is 7.31. The average Bonchev–Trinajstić information content (AvgIpc) is 2.49. The van der Waals surface area contributed by atoms with Crippen LogP contribution in [0.5, 0.6) is 0 Å². The minimum absolute atomic E-state index is 0.262. The third-order valence-electron chi connectivity index (χ3n) is 2.51. The van der Waals surface area contributed by atoms with Crippen LogP contribution in [0.1, 0.15) is 27.7 Å². The van der Waals surface area contributed by atoms with Gasteiger partial charge in [0.05, 0.1) is 0 Å². The average molecular weight is 320 g/mol. The molecule has 1 heterocycles. The molecule has 7 heteroatoms. The fourth-order valence-electron chi connectivity index (χ4n) is 1.64. The van der Waals surface area contributed by atoms with Gasteiger partial charge in [0.2, 0.25) is 16.7 Å². The first kappa shape index (κ1) is 17.9. The Morgan fingerprint density at radius 1 is 1.00 bits per heavy atom. The maximum Gasteiger partial charge on any atom is 0.225 e. The molecule has 1 aromatic carbocycles. The van der Waals surface area contributed by atoms with E-state index >= 15 is 0 Å². The molecule has 0 unspecified atom stereocenters. The summed E-state index contributed by atoms with van der Waals surface area (Å²) in [5.74, 6) is 1.17. The van der Waals surface area contributed by atoms with Crippen LogP contribution >= 0.6 is 12.2 Å². The van der Waals surface area contributed by atoms with Gasteiger partial charge in [-0.15, -0.1) is 0 Å². The Morgan fingerprint density at radius 2 is 1.55 bits per heavy atom. The van der Waals surface area contributed by atoms with Crippen LogP contribution in [0.15, 0.2) is 24.3 Å². The molecule has 0 fully saturated rings. The fourth-order valence-corrected chi connectivity index (χ4v) is 1.82. The van der Waals surface area contributed by atoms with Crippen LogP contribution in [-0.4, -0.2) is 28.0 Å². The maximum atomic E-state index is 5.06. The van der Waals surface area contributed by atoms with Crippen LogP contribution in [0.25, 0.3) is 0 Å². The van der Waals surface area contributed by atoms with Crippen molar-refractivity contribution in [1.29, 1.82) is 0 Å². The zero-order valence-electron chi connectivity index (χ0n) is 13.7. The lowest BCUT2D eigenvalue weighted by molar-refractivity contribution is 0.865. The van der Waals surface area contributed by atoms with Gasteiger partial charge in [0.1, 0.15) is 0 Å². The molecule has 0 saturated carbocycles. The quantitative estimate of drug-likeness (QED) is 0.620. The van der Waals surface area contributed by atoms with Crippen molar-refractivity contribution in [2.75, 3.05) is 23.0 Å². The SMILES string of the molecule is CC.CNc1ccc(Nc2nc(=S)nc(NC(C)C)[nH]2)cc1. The summed E-state index contributed by atoms with van der Waals surface area (Å²) in [6, 6.07) is 8.13. The van der Waals surface area contributed by atoms with Crippen molar-refractivity contribution in [3.63, 3.8) is 0 Å². The number of nitrogens with one attached hydrogen (secondary N) is 4. The number of hydrogen-bond donors (Lipinski definition) is 4. The van der Waals surface area contributed by atoms with E-state index in [2.05, 4.69) is 30.9 Å². The third-order valence-corrected chi connectivity index (χ3v) is 2.70. The summed E-state index contributed by atoms with van der Waals surface area (Å²) < 4.78 is 0.293. The van der Waals surface area contributed by atoms with Crippen molar-refractivity contribution in [1.82, 2.24) is 15.0 Å². The van der Waals surface area contributed by atoms with Crippen LogP contribution in [0.3, 0.4) is 0 Å². The van der Waals surface area contributed by atoms with Crippen LogP contribution in [0.4, 0.5) is 23.3 Å². The van der Waals surface area contributed by atoms with Gasteiger partial charge in [0.25, 0.3) is 0 Å². The standard InChI is InChI=1S/C13H18N6S.C2H6/c1-8(2)15-11-17-12(19-13(20)18-11)16-10-6-4-9(14-3)5-7-10;1-2/h4-8,14H,1-3H3,(H3,15,16,17,18,19,20);1-2H3. The molecule has 0 spiro atoms. The van der Waals surface area contributed by atoms with E-state index in [0.29, 0.717) is 16.7 Å². The monoisotopic (exact) mass is 320 g/mol. The number of benzene rings is 1. The van der Waals surface area contributed by atoms with Crippen LogP contribution < -0.4 is 16.0 Å². The summed E-state index contributed by atoms with van der Waals surface area (Å²) >= 11 is 5.06. The van der Waals surface area contributed by atoms with Crippen molar-refractivity contribution < 1.29 is 0 Å². The molecule has 2 aromatic rings. The summed E-state index contributed by atoms with van der Waals surface area (Å²) in [5, 5.41) is 9.41. The first-order valence-electron chi connectivity index (χ1n) is 7.36. The van der Waals surface area contributed by atoms with Gasteiger partial charge in [-0.3, -0.25) is 4.98 Å². The van der Waals surface area contributed by atoms with Gasteiger partial charge < -0.3 is 16.0 Å². The van der Waals surface area contributed by atoms with Crippen molar-refractivity contribution in [2.45, 2.75) is 33.7 Å². The number of anilines is 4. The van der Waals surface area contributed by atoms with Gasteiger partial charge in [-0.25, -0.2) is 0 Å². The largest absolute Gasteiger partial charge is 0.388 e. The predicted octanol–water partition coefficient (Wildman–Crippen LogP) is 4.17. The molecule has 4 N–H and O–H groups in total. The van der Waals surface area contributed by atoms with E-state index < -0.39 is 0 Å². The van der Waals surface area contributed by atoms with Crippen molar-refractivity contribution in [3.05, 3.63) is 29.0 Å². The summed E-state index contributed by atoms with van der Waals surface area (Å²) in [4.78, 5) is 11.4. The highest BCUT2D eigenvalue weighted by atomic mass is 32.1. The Balaban J connectivity index is 0.00000116. The lowest BCUT2D eigenvalue weighted by Crippen LogP contribution is -2.14.